The number of para-hydroxylation sites is 1. The van der Waals surface area contributed by atoms with Gasteiger partial charge in [0.05, 0.1) is 18.0 Å². The lowest BCUT2D eigenvalue weighted by molar-refractivity contribution is -0.128. The first-order chi connectivity index (χ1) is 14.2. The van der Waals surface area contributed by atoms with Crippen LogP contribution in [0.15, 0.2) is 66.9 Å². The van der Waals surface area contributed by atoms with E-state index >= 15 is 0 Å². The molecule has 1 aliphatic heterocycles. The summed E-state index contributed by atoms with van der Waals surface area (Å²) in [6.45, 7) is 2.51. The van der Waals surface area contributed by atoms with Crippen molar-refractivity contribution in [2.45, 2.75) is 18.8 Å². The Morgan fingerprint density at radius 3 is 2.52 bits per heavy atom. The van der Waals surface area contributed by atoms with Gasteiger partial charge in [-0.3, -0.25) is 4.79 Å². The molecule has 0 radical (unpaired) electrons. The van der Waals surface area contributed by atoms with Gasteiger partial charge in [0.15, 0.2) is 5.69 Å². The molecule has 0 spiro atoms. The molecule has 0 saturated carbocycles. The van der Waals surface area contributed by atoms with Crippen LogP contribution in [0.25, 0.3) is 5.69 Å². The van der Waals surface area contributed by atoms with E-state index in [1.165, 1.54) is 11.8 Å². The third-order valence-corrected chi connectivity index (χ3v) is 5.90. The number of carbonyl (C=O) groups excluding carboxylic acids is 2. The van der Waals surface area contributed by atoms with Crippen LogP contribution >= 0.6 is 11.8 Å². The van der Waals surface area contributed by atoms with Crippen molar-refractivity contribution >= 4 is 23.6 Å². The first kappa shape index (κ1) is 19.3. The summed E-state index contributed by atoms with van der Waals surface area (Å²) in [5, 5.41) is 4.21. The second kappa shape index (κ2) is 8.53. The highest BCUT2D eigenvalue weighted by Gasteiger charge is 2.37. The third kappa shape index (κ3) is 4.05. The Bertz CT molecular complexity index is 1000. The predicted molar refractivity (Wildman–Crippen MR) is 112 cm³/mol. The normalized spacial score (nSPS) is 16.2. The summed E-state index contributed by atoms with van der Waals surface area (Å²) < 4.78 is 6.90. The van der Waals surface area contributed by atoms with Crippen molar-refractivity contribution in [1.82, 2.24) is 14.7 Å². The zero-order chi connectivity index (χ0) is 20.2. The summed E-state index contributed by atoms with van der Waals surface area (Å²) in [5.74, 6) is -0.0565. The van der Waals surface area contributed by atoms with Gasteiger partial charge in [-0.05, 0) is 24.6 Å². The van der Waals surface area contributed by atoms with E-state index in [0.29, 0.717) is 17.9 Å². The molecule has 1 fully saturated rings. The average molecular weight is 407 g/mol. The highest BCUT2D eigenvalue weighted by molar-refractivity contribution is 8.00. The molecule has 148 valence electrons. The highest BCUT2D eigenvalue weighted by atomic mass is 32.2. The van der Waals surface area contributed by atoms with Crippen LogP contribution in [0.1, 0.15) is 33.9 Å². The van der Waals surface area contributed by atoms with Crippen molar-refractivity contribution in [3.8, 4) is 5.69 Å². The summed E-state index contributed by atoms with van der Waals surface area (Å²) in [7, 11) is 0. The number of thioether (sulfide) groups is 1. The van der Waals surface area contributed by atoms with Gasteiger partial charge in [0.1, 0.15) is 5.37 Å². The summed E-state index contributed by atoms with van der Waals surface area (Å²) in [6.07, 6.45) is 1.83. The summed E-state index contributed by atoms with van der Waals surface area (Å²) in [4.78, 5) is 27.0. The number of carbonyl (C=O) groups is 2. The zero-order valence-electron chi connectivity index (χ0n) is 16.0. The number of amides is 1. The van der Waals surface area contributed by atoms with Crippen molar-refractivity contribution in [3.63, 3.8) is 0 Å². The first-order valence-electron chi connectivity index (χ1n) is 9.44. The van der Waals surface area contributed by atoms with Gasteiger partial charge in [0, 0.05) is 18.3 Å². The zero-order valence-corrected chi connectivity index (χ0v) is 16.8. The number of esters is 1. The monoisotopic (exact) mass is 407 g/mol. The van der Waals surface area contributed by atoms with E-state index in [-0.39, 0.29) is 23.6 Å². The number of rotatable bonds is 6. The van der Waals surface area contributed by atoms with E-state index in [1.807, 2.05) is 66.9 Å². The number of benzene rings is 2. The quantitative estimate of drug-likeness (QED) is 0.581. The van der Waals surface area contributed by atoms with E-state index in [9.17, 15) is 9.59 Å². The fourth-order valence-corrected chi connectivity index (χ4v) is 4.49. The van der Waals surface area contributed by atoms with Crippen molar-refractivity contribution in [2.24, 2.45) is 0 Å². The lowest BCUT2D eigenvalue weighted by atomic mass is 10.1. The standard InChI is InChI=1S/C22H21N3O3S/c1-2-28-22(27)20-18(14-25(23-20)17-11-7-4-8-12-17)21-24(19(26)15-29-21)13-16-9-5-3-6-10-16/h3-12,14,21H,2,13,15H2,1H3/t21-/m0/s1. The van der Waals surface area contributed by atoms with E-state index in [4.69, 9.17) is 4.74 Å². The molecule has 2 aromatic carbocycles. The predicted octanol–water partition coefficient (Wildman–Crippen LogP) is 3.82. The highest BCUT2D eigenvalue weighted by Crippen LogP contribution is 2.41. The van der Waals surface area contributed by atoms with Gasteiger partial charge in [-0.25, -0.2) is 9.48 Å². The fourth-order valence-electron chi connectivity index (χ4n) is 3.30. The van der Waals surface area contributed by atoms with Crippen molar-refractivity contribution in [2.75, 3.05) is 12.4 Å². The molecule has 7 heteroatoms. The summed E-state index contributed by atoms with van der Waals surface area (Å²) >= 11 is 1.50. The van der Waals surface area contributed by atoms with Gasteiger partial charge in [-0.1, -0.05) is 48.5 Å². The van der Waals surface area contributed by atoms with Crippen molar-refractivity contribution < 1.29 is 14.3 Å². The molecule has 3 aromatic rings. The van der Waals surface area contributed by atoms with E-state index in [1.54, 1.807) is 16.5 Å². The second-order valence-corrected chi connectivity index (χ2v) is 7.67. The van der Waals surface area contributed by atoms with Gasteiger partial charge >= 0.3 is 5.97 Å². The van der Waals surface area contributed by atoms with Crippen LogP contribution in [0, 0.1) is 0 Å². The molecule has 0 aliphatic carbocycles. The van der Waals surface area contributed by atoms with Crippen LogP contribution in [0.4, 0.5) is 0 Å². The van der Waals surface area contributed by atoms with Gasteiger partial charge in [0.25, 0.3) is 0 Å². The molecule has 1 aromatic heterocycles. The number of nitrogens with zero attached hydrogens (tertiary/aromatic N) is 3. The SMILES string of the molecule is CCOC(=O)c1nn(-c2ccccc2)cc1[C@@H]1SCC(=O)N1Cc1ccccc1. The van der Waals surface area contributed by atoms with Crippen LogP contribution in [0.5, 0.6) is 0 Å². The molecule has 0 unspecified atom stereocenters. The maximum atomic E-state index is 12.6. The molecule has 1 amide bonds. The molecule has 0 N–H and O–H groups in total. The van der Waals surface area contributed by atoms with Gasteiger partial charge in [-0.15, -0.1) is 11.8 Å². The molecule has 2 heterocycles. The Hall–Kier alpha value is -3.06. The Balaban J connectivity index is 1.72. The smallest absolute Gasteiger partial charge is 0.359 e. The maximum absolute atomic E-state index is 12.6. The number of ether oxygens (including phenoxy) is 1. The molecule has 4 rings (SSSR count). The molecule has 0 bridgehead atoms. The van der Waals surface area contributed by atoms with Gasteiger partial charge < -0.3 is 9.64 Å². The summed E-state index contributed by atoms with van der Waals surface area (Å²) in [6, 6.07) is 19.4. The lowest BCUT2D eigenvalue weighted by Gasteiger charge is -2.23. The second-order valence-electron chi connectivity index (χ2n) is 6.60. The minimum Gasteiger partial charge on any atom is -0.461 e. The van der Waals surface area contributed by atoms with Crippen LogP contribution < -0.4 is 0 Å². The molecule has 1 atom stereocenters. The number of hydrogen-bond donors (Lipinski definition) is 0. The average Bonchev–Trinajstić information content (AvgIpc) is 3.34. The van der Waals surface area contributed by atoms with Crippen LogP contribution in [-0.4, -0.2) is 38.9 Å². The van der Waals surface area contributed by atoms with E-state index in [0.717, 1.165) is 11.3 Å². The fraction of sp³-hybridized carbons (Fsp3) is 0.227. The summed E-state index contributed by atoms with van der Waals surface area (Å²) in [5.41, 5.74) is 2.83. The Kier molecular flexibility index (Phi) is 5.67. The molecular weight excluding hydrogens is 386 g/mol. The van der Waals surface area contributed by atoms with E-state index in [2.05, 4.69) is 5.10 Å². The van der Waals surface area contributed by atoms with Crippen LogP contribution in [0.2, 0.25) is 0 Å². The molecule has 29 heavy (non-hydrogen) atoms. The molecule has 1 aliphatic rings. The largest absolute Gasteiger partial charge is 0.461 e. The van der Waals surface area contributed by atoms with Crippen molar-refractivity contribution in [1.29, 1.82) is 0 Å². The Morgan fingerprint density at radius 1 is 1.14 bits per heavy atom. The topological polar surface area (TPSA) is 64.4 Å². The molecule has 1 saturated heterocycles. The third-order valence-electron chi connectivity index (χ3n) is 4.66. The first-order valence-corrected chi connectivity index (χ1v) is 10.5. The number of aromatic nitrogens is 2. The molecular formula is C22H21N3O3S. The minimum absolute atomic E-state index is 0.0473. The number of hydrogen-bond acceptors (Lipinski definition) is 5. The maximum Gasteiger partial charge on any atom is 0.359 e. The van der Waals surface area contributed by atoms with Crippen LogP contribution in [-0.2, 0) is 16.1 Å². The van der Waals surface area contributed by atoms with Crippen molar-refractivity contribution in [3.05, 3.63) is 83.7 Å². The Labute approximate surface area is 173 Å². The molecule has 6 nitrogen and oxygen atoms in total. The van der Waals surface area contributed by atoms with E-state index < -0.39 is 5.97 Å². The Morgan fingerprint density at radius 2 is 1.83 bits per heavy atom. The van der Waals surface area contributed by atoms with Gasteiger partial charge in [-0.2, -0.15) is 5.10 Å². The lowest BCUT2D eigenvalue weighted by Crippen LogP contribution is -2.28. The minimum atomic E-state index is -0.475. The van der Waals surface area contributed by atoms with Gasteiger partial charge in [0.2, 0.25) is 5.91 Å². The van der Waals surface area contributed by atoms with Crippen LogP contribution in [0.3, 0.4) is 0 Å².